The summed E-state index contributed by atoms with van der Waals surface area (Å²) in [5.74, 6) is 0.611. The highest BCUT2D eigenvalue weighted by Gasteiger charge is 2.19. The second-order valence-corrected chi connectivity index (χ2v) is 6.74. The Bertz CT molecular complexity index is 940. The second-order valence-electron chi connectivity index (χ2n) is 5.90. The topological polar surface area (TPSA) is 56.2 Å². The summed E-state index contributed by atoms with van der Waals surface area (Å²) in [6, 6.07) is 12.7. The molecule has 0 fully saturated rings. The number of para-hydroxylation sites is 2. The third-order valence-corrected chi connectivity index (χ3v) is 4.43. The predicted molar refractivity (Wildman–Crippen MR) is 105 cm³/mol. The fourth-order valence-electron chi connectivity index (χ4n) is 2.65. The van der Waals surface area contributed by atoms with Gasteiger partial charge in [0.15, 0.2) is 6.10 Å². The summed E-state index contributed by atoms with van der Waals surface area (Å²) in [6.07, 6.45) is 0.180. The van der Waals surface area contributed by atoms with Gasteiger partial charge in [0.2, 0.25) is 5.95 Å². The summed E-state index contributed by atoms with van der Waals surface area (Å²) in [6.45, 7) is 4.50. The molecule has 2 aromatic carbocycles. The first-order valence-electron chi connectivity index (χ1n) is 8.37. The molecule has 0 spiro atoms. The van der Waals surface area contributed by atoms with Gasteiger partial charge in [-0.05, 0) is 43.7 Å². The molecule has 1 amide bonds. The number of fused-ring (bicyclic) bond motifs is 1. The van der Waals surface area contributed by atoms with E-state index in [0.717, 1.165) is 24.0 Å². The number of rotatable bonds is 6. The van der Waals surface area contributed by atoms with E-state index in [1.165, 1.54) is 0 Å². The molecule has 0 aliphatic rings. The van der Waals surface area contributed by atoms with Gasteiger partial charge in [0.05, 0.1) is 16.1 Å². The summed E-state index contributed by atoms with van der Waals surface area (Å²) >= 11 is 12.0. The number of aryl methyl sites for hydroxylation is 1. The van der Waals surface area contributed by atoms with Crippen LogP contribution in [0.5, 0.6) is 5.75 Å². The highest BCUT2D eigenvalue weighted by molar-refractivity contribution is 6.35. The Morgan fingerprint density at radius 3 is 2.77 bits per heavy atom. The van der Waals surface area contributed by atoms with Crippen molar-refractivity contribution in [1.29, 1.82) is 0 Å². The minimum Gasteiger partial charge on any atom is -0.479 e. The lowest BCUT2D eigenvalue weighted by Crippen LogP contribution is -2.31. The molecule has 1 N–H and O–H groups in total. The van der Waals surface area contributed by atoms with Crippen LogP contribution in [0.2, 0.25) is 10.0 Å². The Labute approximate surface area is 161 Å². The van der Waals surface area contributed by atoms with E-state index in [1.807, 2.05) is 28.8 Å². The van der Waals surface area contributed by atoms with E-state index in [1.54, 1.807) is 25.1 Å². The van der Waals surface area contributed by atoms with Crippen LogP contribution in [0.15, 0.2) is 42.5 Å². The first kappa shape index (κ1) is 18.5. The molecule has 1 unspecified atom stereocenters. The van der Waals surface area contributed by atoms with Crippen LogP contribution in [0, 0.1) is 0 Å². The average molecular weight is 392 g/mol. The SMILES string of the molecule is CCCn1c(NC(=O)C(C)Oc2ccc(Cl)cc2Cl)nc2ccccc21. The predicted octanol–water partition coefficient (Wildman–Crippen LogP) is 5.16. The Morgan fingerprint density at radius 2 is 2.04 bits per heavy atom. The van der Waals surface area contributed by atoms with E-state index in [2.05, 4.69) is 17.2 Å². The molecule has 1 heterocycles. The lowest BCUT2D eigenvalue weighted by Gasteiger charge is -2.16. The maximum absolute atomic E-state index is 12.6. The Balaban J connectivity index is 1.78. The number of carbonyl (C=O) groups excluding carboxylic acids is 1. The number of aromatic nitrogens is 2. The summed E-state index contributed by atoms with van der Waals surface area (Å²) in [4.78, 5) is 17.1. The molecule has 26 heavy (non-hydrogen) atoms. The zero-order chi connectivity index (χ0) is 18.7. The number of halogens is 2. The number of hydrogen-bond donors (Lipinski definition) is 1. The fraction of sp³-hybridized carbons (Fsp3) is 0.263. The largest absolute Gasteiger partial charge is 0.479 e. The van der Waals surface area contributed by atoms with Crippen LogP contribution < -0.4 is 10.1 Å². The number of ether oxygens (including phenoxy) is 1. The molecule has 0 bridgehead atoms. The summed E-state index contributed by atoms with van der Waals surface area (Å²) < 4.78 is 7.66. The summed E-state index contributed by atoms with van der Waals surface area (Å²) in [5.41, 5.74) is 1.82. The molecule has 0 aliphatic heterocycles. The van der Waals surface area contributed by atoms with Crippen molar-refractivity contribution < 1.29 is 9.53 Å². The van der Waals surface area contributed by atoms with Gasteiger partial charge in [-0.3, -0.25) is 10.1 Å². The molecular formula is C19H19Cl2N3O2. The number of hydrogen-bond acceptors (Lipinski definition) is 3. The van der Waals surface area contributed by atoms with Gasteiger partial charge in [-0.2, -0.15) is 0 Å². The van der Waals surface area contributed by atoms with Crippen molar-refractivity contribution in [1.82, 2.24) is 9.55 Å². The van der Waals surface area contributed by atoms with Crippen molar-refractivity contribution in [2.75, 3.05) is 5.32 Å². The molecule has 0 aliphatic carbocycles. The van der Waals surface area contributed by atoms with Gasteiger partial charge in [0, 0.05) is 11.6 Å². The zero-order valence-electron chi connectivity index (χ0n) is 14.5. The summed E-state index contributed by atoms with van der Waals surface area (Å²) in [5, 5.41) is 3.72. The van der Waals surface area contributed by atoms with Gasteiger partial charge in [0.1, 0.15) is 5.75 Å². The molecule has 1 aromatic heterocycles. The van der Waals surface area contributed by atoms with Gasteiger partial charge in [-0.1, -0.05) is 42.3 Å². The van der Waals surface area contributed by atoms with E-state index in [-0.39, 0.29) is 5.91 Å². The van der Waals surface area contributed by atoms with Crippen molar-refractivity contribution in [2.24, 2.45) is 0 Å². The number of nitrogens with one attached hydrogen (secondary N) is 1. The maximum Gasteiger partial charge on any atom is 0.267 e. The smallest absolute Gasteiger partial charge is 0.267 e. The van der Waals surface area contributed by atoms with Crippen molar-refractivity contribution in [3.63, 3.8) is 0 Å². The monoisotopic (exact) mass is 391 g/mol. The minimum absolute atomic E-state index is 0.302. The lowest BCUT2D eigenvalue weighted by molar-refractivity contribution is -0.122. The highest BCUT2D eigenvalue weighted by Crippen LogP contribution is 2.28. The number of nitrogens with zero attached hydrogens (tertiary/aromatic N) is 2. The van der Waals surface area contributed by atoms with E-state index in [0.29, 0.717) is 21.7 Å². The highest BCUT2D eigenvalue weighted by atomic mass is 35.5. The maximum atomic E-state index is 12.6. The molecule has 0 saturated heterocycles. The van der Waals surface area contributed by atoms with Crippen molar-refractivity contribution in [2.45, 2.75) is 32.9 Å². The van der Waals surface area contributed by atoms with Crippen LogP contribution in [0.4, 0.5) is 5.95 Å². The van der Waals surface area contributed by atoms with Crippen LogP contribution in [-0.2, 0) is 11.3 Å². The van der Waals surface area contributed by atoms with E-state index >= 15 is 0 Å². The second kappa shape index (κ2) is 7.98. The van der Waals surface area contributed by atoms with E-state index in [9.17, 15) is 4.79 Å². The van der Waals surface area contributed by atoms with Gasteiger partial charge < -0.3 is 9.30 Å². The first-order valence-corrected chi connectivity index (χ1v) is 9.13. The number of benzene rings is 2. The zero-order valence-corrected chi connectivity index (χ0v) is 16.0. The Hall–Kier alpha value is -2.24. The molecule has 7 heteroatoms. The molecule has 0 saturated carbocycles. The first-order chi connectivity index (χ1) is 12.5. The third kappa shape index (κ3) is 3.94. The molecule has 0 radical (unpaired) electrons. The van der Waals surface area contributed by atoms with Gasteiger partial charge in [-0.25, -0.2) is 4.98 Å². The third-order valence-electron chi connectivity index (χ3n) is 3.90. The lowest BCUT2D eigenvalue weighted by atomic mass is 10.3. The number of amides is 1. The Kier molecular flexibility index (Phi) is 5.69. The van der Waals surface area contributed by atoms with Gasteiger partial charge in [0.25, 0.3) is 5.91 Å². The van der Waals surface area contributed by atoms with Crippen molar-refractivity contribution in [3.8, 4) is 5.75 Å². The molecule has 3 rings (SSSR count). The quantitative estimate of drug-likeness (QED) is 0.631. The van der Waals surface area contributed by atoms with Crippen LogP contribution in [0.25, 0.3) is 11.0 Å². The van der Waals surface area contributed by atoms with E-state index < -0.39 is 6.10 Å². The molecule has 5 nitrogen and oxygen atoms in total. The average Bonchev–Trinajstić information content (AvgIpc) is 2.95. The molecule has 1 atom stereocenters. The molecular weight excluding hydrogens is 373 g/mol. The van der Waals surface area contributed by atoms with E-state index in [4.69, 9.17) is 27.9 Å². The van der Waals surface area contributed by atoms with Gasteiger partial charge >= 0.3 is 0 Å². The summed E-state index contributed by atoms with van der Waals surface area (Å²) in [7, 11) is 0. The molecule has 136 valence electrons. The number of anilines is 1. The van der Waals surface area contributed by atoms with Crippen LogP contribution in [0.3, 0.4) is 0 Å². The number of imidazole rings is 1. The standard InChI is InChI=1S/C19H19Cl2N3O2/c1-3-10-24-16-7-5-4-6-15(16)22-19(24)23-18(25)12(2)26-17-9-8-13(20)11-14(17)21/h4-9,11-12H,3,10H2,1-2H3,(H,22,23,25). The fourth-order valence-corrected chi connectivity index (χ4v) is 3.10. The van der Waals surface area contributed by atoms with Gasteiger partial charge in [-0.15, -0.1) is 0 Å². The van der Waals surface area contributed by atoms with Crippen LogP contribution in [-0.4, -0.2) is 21.6 Å². The molecule has 3 aromatic rings. The number of carbonyl (C=O) groups is 1. The normalized spacial score (nSPS) is 12.2. The van der Waals surface area contributed by atoms with Crippen LogP contribution in [0.1, 0.15) is 20.3 Å². The van der Waals surface area contributed by atoms with Crippen LogP contribution >= 0.6 is 23.2 Å². The van der Waals surface area contributed by atoms with Crippen molar-refractivity contribution >= 4 is 46.1 Å². The minimum atomic E-state index is -0.747. The van der Waals surface area contributed by atoms with Crippen molar-refractivity contribution in [3.05, 3.63) is 52.5 Å². The Morgan fingerprint density at radius 1 is 1.27 bits per heavy atom.